The van der Waals surface area contributed by atoms with Crippen LogP contribution in [0, 0.1) is 44.2 Å². The first kappa shape index (κ1) is 22.8. The van der Waals surface area contributed by atoms with E-state index in [0.717, 1.165) is 11.3 Å². The Kier molecular flexibility index (Phi) is 6.29. The van der Waals surface area contributed by atoms with Crippen LogP contribution < -0.4 is 0 Å². The average molecular weight is 451 g/mol. The Labute approximate surface area is 185 Å². The molecule has 0 amide bonds. The lowest BCUT2D eigenvalue weighted by atomic mass is 10.0. The van der Waals surface area contributed by atoms with Gasteiger partial charge in [0, 0.05) is 18.0 Å². The van der Waals surface area contributed by atoms with Crippen molar-refractivity contribution in [3.63, 3.8) is 0 Å². The van der Waals surface area contributed by atoms with E-state index in [4.69, 9.17) is 5.11 Å². The van der Waals surface area contributed by atoms with Gasteiger partial charge in [0.1, 0.15) is 5.65 Å². The fraction of sp³-hybridized carbons (Fsp3) is 0.0952. The zero-order valence-corrected chi connectivity index (χ0v) is 17.4. The standard InChI is InChI=1S/C15H14N2.C6H3N3O7/c1-11-6-7-13(12(2)9-11)14-10-17-8-4-3-5-15(17)16-14;10-6-4(8(13)14)1-3(7(11)12)2-5(6)9(15)16/h3-10H,1-2H3;1-2,10H. The maximum absolute atomic E-state index is 10.4. The summed E-state index contributed by atoms with van der Waals surface area (Å²) >= 11 is 0. The molecule has 0 atom stereocenters. The Bertz CT molecular complexity index is 1330. The Morgan fingerprint density at radius 1 is 0.879 bits per heavy atom. The Morgan fingerprint density at radius 3 is 2.03 bits per heavy atom. The normalized spacial score (nSPS) is 10.4. The number of imidazole rings is 1. The van der Waals surface area contributed by atoms with E-state index < -0.39 is 37.6 Å². The highest BCUT2D eigenvalue weighted by Crippen LogP contribution is 2.39. The topological polar surface area (TPSA) is 167 Å². The molecule has 4 rings (SSSR count). The minimum Gasteiger partial charge on any atom is -0.497 e. The highest BCUT2D eigenvalue weighted by atomic mass is 16.6. The lowest BCUT2D eigenvalue weighted by molar-refractivity contribution is -0.404. The summed E-state index contributed by atoms with van der Waals surface area (Å²) < 4.78 is 2.05. The molecule has 4 aromatic rings. The van der Waals surface area contributed by atoms with Crippen LogP contribution in [-0.4, -0.2) is 29.3 Å². The van der Waals surface area contributed by atoms with Crippen LogP contribution >= 0.6 is 0 Å². The van der Waals surface area contributed by atoms with Gasteiger partial charge in [0.15, 0.2) is 0 Å². The Morgan fingerprint density at radius 2 is 1.52 bits per heavy atom. The van der Waals surface area contributed by atoms with E-state index in [1.54, 1.807) is 0 Å². The molecule has 0 fully saturated rings. The molecule has 0 saturated heterocycles. The van der Waals surface area contributed by atoms with Gasteiger partial charge >= 0.3 is 11.4 Å². The first-order valence-electron chi connectivity index (χ1n) is 9.40. The number of nitrogens with zero attached hydrogens (tertiary/aromatic N) is 5. The number of aryl methyl sites for hydroxylation is 2. The fourth-order valence-corrected chi connectivity index (χ4v) is 3.14. The van der Waals surface area contributed by atoms with Crippen molar-refractivity contribution in [2.45, 2.75) is 13.8 Å². The van der Waals surface area contributed by atoms with Crippen LogP contribution in [0.15, 0.2) is 60.9 Å². The zero-order valence-electron chi connectivity index (χ0n) is 17.4. The quantitative estimate of drug-likeness (QED) is 0.343. The van der Waals surface area contributed by atoms with Gasteiger partial charge in [-0.05, 0) is 31.5 Å². The van der Waals surface area contributed by atoms with Gasteiger partial charge in [-0.3, -0.25) is 30.3 Å². The van der Waals surface area contributed by atoms with E-state index in [9.17, 15) is 30.3 Å². The number of nitro benzene ring substituents is 3. The molecule has 0 bridgehead atoms. The number of aromatic nitrogens is 2. The molecule has 12 heteroatoms. The molecule has 0 saturated carbocycles. The van der Waals surface area contributed by atoms with Gasteiger partial charge in [-0.15, -0.1) is 0 Å². The third-order valence-corrected chi connectivity index (χ3v) is 4.68. The van der Waals surface area contributed by atoms with E-state index >= 15 is 0 Å². The highest BCUT2D eigenvalue weighted by Gasteiger charge is 2.30. The molecule has 168 valence electrons. The molecule has 0 radical (unpaired) electrons. The number of benzene rings is 2. The molecule has 12 nitrogen and oxygen atoms in total. The third kappa shape index (κ3) is 4.90. The molecule has 0 spiro atoms. The number of aromatic hydroxyl groups is 1. The Hall–Kier alpha value is -4.87. The largest absolute Gasteiger partial charge is 0.497 e. The lowest BCUT2D eigenvalue weighted by Crippen LogP contribution is -1.97. The van der Waals surface area contributed by atoms with Crippen LogP contribution in [0.25, 0.3) is 16.9 Å². The van der Waals surface area contributed by atoms with Crippen LogP contribution in [-0.2, 0) is 0 Å². The number of rotatable bonds is 4. The highest BCUT2D eigenvalue weighted by molar-refractivity contribution is 5.66. The summed E-state index contributed by atoms with van der Waals surface area (Å²) in [6, 6.07) is 13.4. The van der Waals surface area contributed by atoms with Gasteiger partial charge in [0.2, 0.25) is 0 Å². The van der Waals surface area contributed by atoms with E-state index in [1.165, 1.54) is 16.7 Å². The monoisotopic (exact) mass is 451 g/mol. The van der Waals surface area contributed by atoms with Crippen molar-refractivity contribution >= 4 is 22.7 Å². The predicted octanol–water partition coefficient (Wildman–Crippen LogP) is 4.73. The summed E-state index contributed by atoms with van der Waals surface area (Å²) in [5.74, 6) is -1.21. The van der Waals surface area contributed by atoms with Crippen molar-refractivity contribution in [3.8, 4) is 17.0 Å². The molecule has 1 N–H and O–H groups in total. The number of hydrogen-bond donors (Lipinski definition) is 1. The summed E-state index contributed by atoms with van der Waals surface area (Å²) in [7, 11) is 0. The smallest absolute Gasteiger partial charge is 0.324 e. The molecule has 2 heterocycles. The molecule has 2 aromatic carbocycles. The van der Waals surface area contributed by atoms with Gasteiger partial charge in [0.05, 0.1) is 32.6 Å². The zero-order chi connectivity index (χ0) is 24.3. The number of fused-ring (bicyclic) bond motifs is 1. The van der Waals surface area contributed by atoms with Crippen molar-refractivity contribution in [1.29, 1.82) is 0 Å². The molecular weight excluding hydrogens is 434 g/mol. The fourth-order valence-electron chi connectivity index (χ4n) is 3.14. The molecule has 2 aromatic heterocycles. The number of non-ortho nitro benzene ring substituents is 1. The van der Waals surface area contributed by atoms with Gasteiger partial charge < -0.3 is 9.51 Å². The van der Waals surface area contributed by atoms with Crippen molar-refractivity contribution in [2.24, 2.45) is 0 Å². The van der Waals surface area contributed by atoms with E-state index in [0.29, 0.717) is 12.1 Å². The first-order chi connectivity index (χ1) is 15.6. The van der Waals surface area contributed by atoms with Crippen molar-refractivity contribution in [3.05, 3.63) is 102 Å². The summed E-state index contributed by atoms with van der Waals surface area (Å²) in [5, 5.41) is 40.2. The second-order valence-electron chi connectivity index (χ2n) is 7.01. The van der Waals surface area contributed by atoms with Gasteiger partial charge in [0.25, 0.3) is 11.4 Å². The molecule has 0 aliphatic rings. The molecular formula is C21H17N5O7. The van der Waals surface area contributed by atoms with Gasteiger partial charge in [-0.25, -0.2) is 4.98 Å². The minimum absolute atomic E-state index is 0.447. The van der Waals surface area contributed by atoms with Gasteiger partial charge in [-0.2, -0.15) is 0 Å². The minimum atomic E-state index is -1.21. The van der Waals surface area contributed by atoms with Crippen LogP contribution in [0.5, 0.6) is 5.75 Å². The predicted molar refractivity (Wildman–Crippen MR) is 118 cm³/mol. The maximum atomic E-state index is 10.4. The van der Waals surface area contributed by atoms with E-state index in [2.05, 4.69) is 47.6 Å². The number of nitro groups is 3. The van der Waals surface area contributed by atoms with Crippen molar-refractivity contribution in [2.75, 3.05) is 0 Å². The van der Waals surface area contributed by atoms with Crippen LogP contribution in [0.1, 0.15) is 11.1 Å². The van der Waals surface area contributed by atoms with Crippen molar-refractivity contribution in [1.82, 2.24) is 9.38 Å². The summed E-state index contributed by atoms with van der Waals surface area (Å²) in [6.07, 6.45) is 4.10. The number of pyridine rings is 1. The number of hydrogen-bond acceptors (Lipinski definition) is 8. The summed E-state index contributed by atoms with van der Waals surface area (Å²) in [6.45, 7) is 4.24. The maximum Gasteiger partial charge on any atom is 0.324 e. The summed E-state index contributed by atoms with van der Waals surface area (Å²) in [4.78, 5) is 32.4. The van der Waals surface area contributed by atoms with Crippen molar-refractivity contribution < 1.29 is 19.9 Å². The molecule has 0 aliphatic heterocycles. The summed E-state index contributed by atoms with van der Waals surface area (Å²) in [5.41, 5.74) is 2.79. The second kappa shape index (κ2) is 9.09. The van der Waals surface area contributed by atoms with Crippen LogP contribution in [0.3, 0.4) is 0 Å². The average Bonchev–Trinajstić information content (AvgIpc) is 3.17. The molecule has 33 heavy (non-hydrogen) atoms. The Balaban J connectivity index is 0.000000186. The number of phenols is 1. The van der Waals surface area contributed by atoms with E-state index in [-0.39, 0.29) is 0 Å². The molecule has 0 unspecified atom stereocenters. The third-order valence-electron chi connectivity index (χ3n) is 4.68. The number of phenolic OH excluding ortho intramolecular Hbond substituents is 1. The molecule has 0 aliphatic carbocycles. The first-order valence-corrected chi connectivity index (χ1v) is 9.40. The van der Waals surface area contributed by atoms with Gasteiger partial charge in [-0.1, -0.05) is 29.8 Å². The van der Waals surface area contributed by atoms with Crippen LogP contribution in [0.2, 0.25) is 0 Å². The van der Waals surface area contributed by atoms with E-state index in [1.807, 2.05) is 24.4 Å². The SMILES string of the molecule is Cc1ccc(-c2cn3ccccc3n2)c(C)c1.O=[N+]([O-])c1cc([N+](=O)[O-])c(O)c([N+](=O)[O-])c1. The second-order valence-corrected chi connectivity index (χ2v) is 7.01. The lowest BCUT2D eigenvalue weighted by Gasteiger charge is -2.02. The van der Waals surface area contributed by atoms with Crippen LogP contribution in [0.4, 0.5) is 17.1 Å².